The smallest absolute Gasteiger partial charge is 0.329 e. The number of carbonyl (C=O) groups excluding carboxylic acids is 1. The number of carbonyl (C=O) groups is 2. The molecule has 6 heteroatoms. The van der Waals surface area contributed by atoms with E-state index in [1.54, 1.807) is 13.8 Å². The lowest BCUT2D eigenvalue weighted by atomic mass is 9.77. The van der Waals surface area contributed by atoms with Gasteiger partial charge in [-0.05, 0) is 33.1 Å². The van der Waals surface area contributed by atoms with Crippen molar-refractivity contribution in [2.75, 3.05) is 13.1 Å². The predicted molar refractivity (Wildman–Crippen MR) is 64.8 cm³/mol. The van der Waals surface area contributed by atoms with Gasteiger partial charge in [-0.1, -0.05) is 0 Å². The third-order valence-electron chi connectivity index (χ3n) is 3.35. The van der Waals surface area contributed by atoms with Crippen LogP contribution in [0.25, 0.3) is 0 Å². The van der Waals surface area contributed by atoms with E-state index in [0.717, 1.165) is 6.42 Å². The fourth-order valence-corrected chi connectivity index (χ4v) is 1.93. The topological polar surface area (TPSA) is 93.4 Å². The van der Waals surface area contributed by atoms with Crippen LogP contribution in [0.3, 0.4) is 0 Å². The van der Waals surface area contributed by atoms with Crippen LogP contribution in [0.5, 0.6) is 0 Å². The molecule has 1 aliphatic carbocycles. The van der Waals surface area contributed by atoms with Crippen LogP contribution in [-0.2, 0) is 4.79 Å². The summed E-state index contributed by atoms with van der Waals surface area (Å²) < 4.78 is 0. The lowest BCUT2D eigenvalue weighted by Crippen LogP contribution is -2.61. The Bertz CT molecular complexity index is 371. The predicted octanol–water partition coefficient (Wildman–Crippen LogP) is 1.18. The Balaban J connectivity index is 2.62. The molecule has 0 aromatic heterocycles. The molecule has 1 aliphatic rings. The average molecular weight is 253 g/mol. The number of nitrogens with one attached hydrogen (secondary N) is 1. The molecule has 2 N–H and O–H groups in total. The van der Waals surface area contributed by atoms with E-state index in [0.29, 0.717) is 25.9 Å². The molecular formula is C12H19N3O3. The summed E-state index contributed by atoms with van der Waals surface area (Å²) in [6.07, 6.45) is 1.76. The molecule has 1 saturated carbocycles. The highest BCUT2D eigenvalue weighted by Gasteiger charge is 2.46. The van der Waals surface area contributed by atoms with E-state index in [-0.39, 0.29) is 5.92 Å². The van der Waals surface area contributed by atoms with Crippen molar-refractivity contribution in [2.45, 2.75) is 38.6 Å². The summed E-state index contributed by atoms with van der Waals surface area (Å²) in [5.41, 5.74) is -1.10. The van der Waals surface area contributed by atoms with E-state index >= 15 is 0 Å². The van der Waals surface area contributed by atoms with Crippen LogP contribution in [0.4, 0.5) is 4.79 Å². The highest BCUT2D eigenvalue weighted by molar-refractivity contribution is 5.87. The number of hydrogen-bond acceptors (Lipinski definition) is 3. The SMILES string of the molecule is CCN(CC(C)C#N)C(=O)NC1(C(=O)O)CCC1. The van der Waals surface area contributed by atoms with Crippen molar-refractivity contribution in [3.05, 3.63) is 0 Å². The van der Waals surface area contributed by atoms with Gasteiger partial charge >= 0.3 is 12.0 Å². The third kappa shape index (κ3) is 2.92. The normalized spacial score (nSPS) is 18.1. The Kier molecular flexibility index (Phi) is 4.54. The summed E-state index contributed by atoms with van der Waals surface area (Å²) in [5, 5.41) is 20.5. The van der Waals surface area contributed by atoms with E-state index in [1.807, 2.05) is 0 Å². The van der Waals surface area contributed by atoms with E-state index in [2.05, 4.69) is 11.4 Å². The number of nitrogens with zero attached hydrogens (tertiary/aromatic N) is 2. The molecule has 100 valence electrons. The van der Waals surface area contributed by atoms with Crippen LogP contribution in [-0.4, -0.2) is 40.6 Å². The molecule has 1 atom stereocenters. The van der Waals surface area contributed by atoms with Gasteiger partial charge in [0.25, 0.3) is 0 Å². The number of carboxylic acids is 1. The summed E-state index contributed by atoms with van der Waals surface area (Å²) in [6, 6.07) is 1.66. The van der Waals surface area contributed by atoms with Crippen LogP contribution < -0.4 is 5.32 Å². The van der Waals surface area contributed by atoms with Crippen molar-refractivity contribution in [2.24, 2.45) is 5.92 Å². The maximum Gasteiger partial charge on any atom is 0.329 e. The lowest BCUT2D eigenvalue weighted by Gasteiger charge is -2.39. The molecule has 0 spiro atoms. The van der Waals surface area contributed by atoms with Gasteiger partial charge in [0, 0.05) is 13.1 Å². The van der Waals surface area contributed by atoms with Crippen LogP contribution in [0.2, 0.25) is 0 Å². The highest BCUT2D eigenvalue weighted by Crippen LogP contribution is 2.32. The summed E-state index contributed by atoms with van der Waals surface area (Å²) in [4.78, 5) is 24.6. The molecule has 6 nitrogen and oxygen atoms in total. The van der Waals surface area contributed by atoms with Crippen molar-refractivity contribution in [1.29, 1.82) is 5.26 Å². The number of urea groups is 1. The first-order valence-electron chi connectivity index (χ1n) is 6.15. The minimum Gasteiger partial charge on any atom is -0.480 e. The van der Waals surface area contributed by atoms with Gasteiger partial charge in [-0.3, -0.25) is 0 Å². The number of hydrogen-bond donors (Lipinski definition) is 2. The first kappa shape index (κ1) is 14.3. The van der Waals surface area contributed by atoms with Gasteiger partial charge in [-0.15, -0.1) is 0 Å². The van der Waals surface area contributed by atoms with Crippen molar-refractivity contribution in [1.82, 2.24) is 10.2 Å². The molecular weight excluding hydrogens is 234 g/mol. The van der Waals surface area contributed by atoms with E-state index in [9.17, 15) is 9.59 Å². The molecule has 0 aromatic carbocycles. The van der Waals surface area contributed by atoms with E-state index in [1.165, 1.54) is 4.90 Å². The fraction of sp³-hybridized carbons (Fsp3) is 0.750. The molecule has 0 aromatic rings. The Hall–Kier alpha value is -1.77. The average Bonchev–Trinajstić information content (AvgIpc) is 2.29. The van der Waals surface area contributed by atoms with Gasteiger partial charge in [-0.2, -0.15) is 5.26 Å². The highest BCUT2D eigenvalue weighted by atomic mass is 16.4. The van der Waals surface area contributed by atoms with Gasteiger partial charge < -0.3 is 15.3 Å². The van der Waals surface area contributed by atoms with E-state index < -0.39 is 17.5 Å². The van der Waals surface area contributed by atoms with Crippen molar-refractivity contribution in [3.8, 4) is 6.07 Å². The lowest BCUT2D eigenvalue weighted by molar-refractivity contribution is -0.148. The quantitative estimate of drug-likeness (QED) is 0.769. The van der Waals surface area contributed by atoms with Crippen molar-refractivity contribution >= 4 is 12.0 Å². The van der Waals surface area contributed by atoms with Crippen LogP contribution >= 0.6 is 0 Å². The number of aliphatic carboxylic acids is 1. The molecule has 0 bridgehead atoms. The molecule has 1 unspecified atom stereocenters. The molecule has 1 fully saturated rings. The summed E-state index contributed by atoms with van der Waals surface area (Å²) in [6.45, 7) is 4.30. The number of amides is 2. The Labute approximate surface area is 107 Å². The standard InChI is InChI=1S/C12H19N3O3/c1-3-15(8-9(2)7-13)11(18)14-12(10(16)17)5-4-6-12/h9H,3-6,8H2,1-2H3,(H,14,18)(H,16,17). The van der Waals surface area contributed by atoms with Crippen LogP contribution in [0.1, 0.15) is 33.1 Å². The number of rotatable bonds is 5. The van der Waals surface area contributed by atoms with Gasteiger partial charge in [-0.25, -0.2) is 9.59 Å². The second kappa shape index (κ2) is 5.71. The molecule has 1 rings (SSSR count). The molecule has 0 heterocycles. The second-order valence-corrected chi connectivity index (χ2v) is 4.74. The van der Waals surface area contributed by atoms with Gasteiger partial charge in [0.15, 0.2) is 0 Å². The summed E-state index contributed by atoms with van der Waals surface area (Å²) in [7, 11) is 0. The maximum atomic E-state index is 12.0. The second-order valence-electron chi connectivity index (χ2n) is 4.74. The van der Waals surface area contributed by atoms with Crippen LogP contribution in [0.15, 0.2) is 0 Å². The zero-order valence-corrected chi connectivity index (χ0v) is 10.8. The summed E-state index contributed by atoms with van der Waals surface area (Å²) in [5.74, 6) is -1.25. The number of carboxylic acid groups (broad SMARTS) is 1. The monoisotopic (exact) mass is 253 g/mol. The van der Waals surface area contributed by atoms with Crippen molar-refractivity contribution < 1.29 is 14.7 Å². The van der Waals surface area contributed by atoms with Crippen LogP contribution in [0, 0.1) is 17.2 Å². The number of nitriles is 1. The fourth-order valence-electron chi connectivity index (χ4n) is 1.93. The minimum atomic E-state index is -1.10. The third-order valence-corrected chi connectivity index (χ3v) is 3.35. The molecule has 0 aliphatic heterocycles. The Morgan fingerprint density at radius 3 is 2.50 bits per heavy atom. The van der Waals surface area contributed by atoms with Gasteiger partial charge in [0.1, 0.15) is 5.54 Å². The first-order valence-corrected chi connectivity index (χ1v) is 6.15. The molecule has 0 radical (unpaired) electrons. The zero-order valence-electron chi connectivity index (χ0n) is 10.8. The van der Waals surface area contributed by atoms with Gasteiger partial charge in [0.05, 0.1) is 12.0 Å². The molecule has 2 amide bonds. The Morgan fingerprint density at radius 1 is 1.56 bits per heavy atom. The van der Waals surface area contributed by atoms with Gasteiger partial charge in [0.2, 0.25) is 0 Å². The van der Waals surface area contributed by atoms with E-state index in [4.69, 9.17) is 10.4 Å². The van der Waals surface area contributed by atoms with Crippen molar-refractivity contribution in [3.63, 3.8) is 0 Å². The minimum absolute atomic E-state index is 0.266. The maximum absolute atomic E-state index is 12.0. The first-order chi connectivity index (χ1) is 8.45. The molecule has 0 saturated heterocycles. The Morgan fingerprint density at radius 2 is 2.17 bits per heavy atom. The zero-order chi connectivity index (χ0) is 13.8. The summed E-state index contributed by atoms with van der Waals surface area (Å²) >= 11 is 0. The largest absolute Gasteiger partial charge is 0.480 e. The molecule has 18 heavy (non-hydrogen) atoms.